The second kappa shape index (κ2) is 7.92. The van der Waals surface area contributed by atoms with Crippen LogP contribution in [0, 0.1) is 5.82 Å². The SMILES string of the molecule is CCNC(Cc1cccc(Br)c1)Cc1c(F)cccc1Cl. The molecule has 2 rings (SSSR count). The van der Waals surface area contributed by atoms with E-state index in [0.29, 0.717) is 17.0 Å². The van der Waals surface area contributed by atoms with Gasteiger partial charge in [-0.2, -0.15) is 0 Å². The van der Waals surface area contributed by atoms with E-state index < -0.39 is 0 Å². The maximum absolute atomic E-state index is 13.9. The average molecular weight is 371 g/mol. The molecular weight excluding hydrogens is 353 g/mol. The van der Waals surface area contributed by atoms with Crippen molar-refractivity contribution >= 4 is 27.5 Å². The fourth-order valence-corrected chi connectivity index (χ4v) is 3.11. The molecule has 0 heterocycles. The van der Waals surface area contributed by atoms with E-state index in [1.807, 2.05) is 12.1 Å². The van der Waals surface area contributed by atoms with Crippen LogP contribution in [0.4, 0.5) is 4.39 Å². The molecule has 0 aliphatic heterocycles. The quantitative estimate of drug-likeness (QED) is 0.754. The van der Waals surface area contributed by atoms with Crippen molar-refractivity contribution < 1.29 is 4.39 Å². The molecule has 0 spiro atoms. The minimum absolute atomic E-state index is 0.152. The van der Waals surface area contributed by atoms with Gasteiger partial charge in [-0.15, -0.1) is 0 Å². The largest absolute Gasteiger partial charge is 0.314 e. The van der Waals surface area contributed by atoms with Gasteiger partial charge in [-0.3, -0.25) is 0 Å². The van der Waals surface area contributed by atoms with Gasteiger partial charge in [0.2, 0.25) is 0 Å². The first-order valence-electron chi connectivity index (χ1n) is 7.01. The second-order valence-electron chi connectivity index (χ2n) is 4.99. The Balaban J connectivity index is 2.16. The van der Waals surface area contributed by atoms with Crippen molar-refractivity contribution in [2.24, 2.45) is 0 Å². The highest BCUT2D eigenvalue weighted by Gasteiger charge is 2.15. The number of halogens is 3. The van der Waals surface area contributed by atoms with Crippen LogP contribution in [0.1, 0.15) is 18.1 Å². The van der Waals surface area contributed by atoms with Crippen LogP contribution in [-0.4, -0.2) is 12.6 Å². The van der Waals surface area contributed by atoms with Gasteiger partial charge in [0.1, 0.15) is 5.82 Å². The third-order valence-corrected chi connectivity index (χ3v) is 4.22. The molecule has 1 unspecified atom stereocenters. The van der Waals surface area contributed by atoms with Crippen molar-refractivity contribution in [3.63, 3.8) is 0 Å². The molecule has 4 heteroatoms. The standard InChI is InChI=1S/C17H18BrClFN/c1-2-21-14(10-12-5-3-6-13(18)9-12)11-15-16(19)7-4-8-17(15)20/h3-9,14,21H,2,10-11H2,1H3. The van der Waals surface area contributed by atoms with Crippen molar-refractivity contribution in [3.05, 3.63) is 68.9 Å². The number of nitrogens with one attached hydrogen (secondary N) is 1. The van der Waals surface area contributed by atoms with Gasteiger partial charge in [0.15, 0.2) is 0 Å². The van der Waals surface area contributed by atoms with Crippen LogP contribution in [0.2, 0.25) is 5.02 Å². The fraction of sp³-hybridized carbons (Fsp3) is 0.294. The molecule has 2 aromatic carbocycles. The Labute approximate surface area is 138 Å². The Hall–Kier alpha value is -0.900. The minimum atomic E-state index is -0.236. The van der Waals surface area contributed by atoms with E-state index in [4.69, 9.17) is 11.6 Å². The molecule has 2 aromatic rings. The molecule has 0 aliphatic carbocycles. The van der Waals surface area contributed by atoms with Crippen molar-refractivity contribution in [1.82, 2.24) is 5.32 Å². The van der Waals surface area contributed by atoms with Gasteiger partial charge in [-0.25, -0.2) is 4.39 Å². The first kappa shape index (κ1) is 16.5. The fourth-order valence-electron chi connectivity index (χ4n) is 2.43. The molecule has 0 aliphatic rings. The molecule has 0 saturated carbocycles. The molecule has 0 radical (unpaired) electrons. The van der Waals surface area contributed by atoms with Gasteiger partial charge in [-0.1, -0.05) is 52.7 Å². The number of hydrogen-bond donors (Lipinski definition) is 1. The van der Waals surface area contributed by atoms with Gasteiger partial charge < -0.3 is 5.32 Å². The van der Waals surface area contributed by atoms with E-state index in [1.54, 1.807) is 12.1 Å². The van der Waals surface area contributed by atoms with Gasteiger partial charge in [0.25, 0.3) is 0 Å². The van der Waals surface area contributed by atoms with Crippen LogP contribution in [-0.2, 0) is 12.8 Å². The van der Waals surface area contributed by atoms with Crippen LogP contribution < -0.4 is 5.32 Å². The monoisotopic (exact) mass is 369 g/mol. The van der Waals surface area contributed by atoms with Crippen LogP contribution in [0.15, 0.2) is 46.9 Å². The maximum atomic E-state index is 13.9. The molecule has 0 saturated heterocycles. The lowest BCUT2D eigenvalue weighted by Gasteiger charge is -2.19. The van der Waals surface area contributed by atoms with E-state index in [2.05, 4.69) is 40.3 Å². The zero-order valence-corrected chi connectivity index (χ0v) is 14.2. The Bertz CT molecular complexity index is 583. The van der Waals surface area contributed by atoms with Crippen molar-refractivity contribution in [2.45, 2.75) is 25.8 Å². The molecule has 0 aromatic heterocycles. The maximum Gasteiger partial charge on any atom is 0.127 e. The average Bonchev–Trinajstić information content (AvgIpc) is 2.43. The van der Waals surface area contributed by atoms with Gasteiger partial charge >= 0.3 is 0 Å². The molecule has 1 nitrogen and oxygen atoms in total. The van der Waals surface area contributed by atoms with E-state index in [1.165, 1.54) is 11.6 Å². The minimum Gasteiger partial charge on any atom is -0.314 e. The molecule has 21 heavy (non-hydrogen) atoms. The van der Waals surface area contributed by atoms with Gasteiger partial charge in [0, 0.05) is 21.1 Å². The zero-order valence-electron chi connectivity index (χ0n) is 11.9. The lowest BCUT2D eigenvalue weighted by molar-refractivity contribution is 0.506. The first-order chi connectivity index (χ1) is 10.1. The summed E-state index contributed by atoms with van der Waals surface area (Å²) >= 11 is 9.61. The summed E-state index contributed by atoms with van der Waals surface area (Å²) in [6.45, 7) is 2.89. The Morgan fingerprint density at radius 2 is 1.95 bits per heavy atom. The molecule has 0 fully saturated rings. The first-order valence-corrected chi connectivity index (χ1v) is 8.18. The van der Waals surface area contributed by atoms with Crippen molar-refractivity contribution in [1.29, 1.82) is 0 Å². The van der Waals surface area contributed by atoms with E-state index >= 15 is 0 Å². The van der Waals surface area contributed by atoms with Crippen LogP contribution in [0.5, 0.6) is 0 Å². The highest BCUT2D eigenvalue weighted by Crippen LogP contribution is 2.22. The van der Waals surface area contributed by atoms with E-state index in [0.717, 1.165) is 17.4 Å². The number of benzene rings is 2. The van der Waals surface area contributed by atoms with Gasteiger partial charge in [-0.05, 0) is 49.2 Å². The third kappa shape index (κ3) is 4.80. The summed E-state index contributed by atoms with van der Waals surface area (Å²) in [6.07, 6.45) is 1.41. The van der Waals surface area contributed by atoms with E-state index in [9.17, 15) is 4.39 Å². The Morgan fingerprint density at radius 1 is 1.19 bits per heavy atom. The predicted molar refractivity (Wildman–Crippen MR) is 90.4 cm³/mol. The molecular formula is C17H18BrClFN. The summed E-state index contributed by atoms with van der Waals surface area (Å²) in [6, 6.07) is 13.2. The van der Waals surface area contributed by atoms with Crippen LogP contribution in [0.25, 0.3) is 0 Å². The smallest absolute Gasteiger partial charge is 0.127 e. The van der Waals surface area contributed by atoms with Crippen molar-refractivity contribution in [3.8, 4) is 0 Å². The summed E-state index contributed by atoms with van der Waals surface area (Å²) < 4.78 is 15.0. The summed E-state index contributed by atoms with van der Waals surface area (Å²) in [7, 11) is 0. The molecule has 1 N–H and O–H groups in total. The molecule has 0 amide bonds. The highest BCUT2D eigenvalue weighted by atomic mass is 79.9. The summed E-state index contributed by atoms with van der Waals surface area (Å²) in [5.74, 6) is -0.236. The van der Waals surface area contributed by atoms with Crippen molar-refractivity contribution in [2.75, 3.05) is 6.54 Å². The van der Waals surface area contributed by atoms with Crippen LogP contribution >= 0.6 is 27.5 Å². The highest BCUT2D eigenvalue weighted by molar-refractivity contribution is 9.10. The summed E-state index contributed by atoms with van der Waals surface area (Å²) in [5.41, 5.74) is 1.79. The third-order valence-electron chi connectivity index (χ3n) is 3.38. The number of likely N-dealkylation sites (N-methyl/N-ethyl adjacent to an activating group) is 1. The molecule has 112 valence electrons. The zero-order chi connectivity index (χ0) is 15.2. The Kier molecular flexibility index (Phi) is 6.22. The predicted octanol–water partition coefficient (Wildman–Crippen LogP) is 5.00. The van der Waals surface area contributed by atoms with Crippen LogP contribution in [0.3, 0.4) is 0 Å². The lowest BCUT2D eigenvalue weighted by atomic mass is 9.98. The summed E-state index contributed by atoms with van der Waals surface area (Å²) in [4.78, 5) is 0. The number of rotatable bonds is 6. The molecule has 0 bridgehead atoms. The normalized spacial score (nSPS) is 12.4. The summed E-state index contributed by atoms with van der Waals surface area (Å²) in [5, 5.41) is 3.91. The lowest BCUT2D eigenvalue weighted by Crippen LogP contribution is -2.33. The van der Waals surface area contributed by atoms with Gasteiger partial charge in [0.05, 0.1) is 0 Å². The van der Waals surface area contributed by atoms with E-state index in [-0.39, 0.29) is 11.9 Å². The second-order valence-corrected chi connectivity index (χ2v) is 6.32. The molecule has 1 atom stereocenters. The number of hydrogen-bond acceptors (Lipinski definition) is 1. The Morgan fingerprint density at radius 3 is 2.62 bits per heavy atom. The topological polar surface area (TPSA) is 12.0 Å².